The van der Waals surface area contributed by atoms with Crippen molar-refractivity contribution >= 4 is 23.6 Å². The lowest BCUT2D eigenvalue weighted by atomic mass is 10.0. The van der Waals surface area contributed by atoms with Crippen molar-refractivity contribution < 1.29 is 29.0 Å². The minimum absolute atomic E-state index is 0.0890. The monoisotopic (exact) mass is 493 g/mol. The number of fused-ring (bicyclic) bond motifs is 1. The van der Waals surface area contributed by atoms with Crippen molar-refractivity contribution in [3.05, 3.63) is 65.5 Å². The van der Waals surface area contributed by atoms with Crippen LogP contribution in [-0.4, -0.2) is 71.5 Å². The van der Waals surface area contributed by atoms with Gasteiger partial charge in [0.05, 0.1) is 19.4 Å². The van der Waals surface area contributed by atoms with Gasteiger partial charge in [-0.1, -0.05) is 0 Å². The fourth-order valence-electron chi connectivity index (χ4n) is 4.02. The Morgan fingerprint density at radius 3 is 2.33 bits per heavy atom. The molecule has 36 heavy (non-hydrogen) atoms. The van der Waals surface area contributed by atoms with Gasteiger partial charge < -0.3 is 30.1 Å². The van der Waals surface area contributed by atoms with E-state index in [-0.39, 0.29) is 11.6 Å². The number of benzene rings is 2. The average molecular weight is 494 g/mol. The zero-order valence-electron chi connectivity index (χ0n) is 20.0. The summed E-state index contributed by atoms with van der Waals surface area (Å²) in [5, 5.41) is 13.3. The van der Waals surface area contributed by atoms with Crippen molar-refractivity contribution in [2.24, 2.45) is 5.73 Å². The van der Waals surface area contributed by atoms with Gasteiger partial charge in [-0.05, 0) is 61.4 Å². The maximum absolute atomic E-state index is 13.6. The van der Waals surface area contributed by atoms with Crippen LogP contribution in [0.5, 0.6) is 11.5 Å². The third-order valence-electron chi connectivity index (χ3n) is 5.95. The van der Waals surface area contributed by atoms with Gasteiger partial charge in [-0.25, -0.2) is 9.48 Å². The number of carbonyl (C=O) groups is 3. The second kappa shape index (κ2) is 10.4. The highest BCUT2D eigenvalue weighted by atomic mass is 16.5. The molecule has 0 bridgehead atoms. The minimum atomic E-state index is -0.981. The maximum atomic E-state index is 13.6. The first-order valence-electron chi connectivity index (χ1n) is 11.3. The SMILES string of the molecule is COc1ccc(-n2nc(C(N)=O)c3c2C(=O)N(c2ccc(OCCCN(C)C(=O)O)cc2)CC3)cc1. The number of nitrogens with two attached hydrogens (primary N) is 1. The van der Waals surface area contributed by atoms with Crippen molar-refractivity contribution in [2.45, 2.75) is 12.8 Å². The van der Waals surface area contributed by atoms with Crippen molar-refractivity contribution in [1.82, 2.24) is 14.7 Å². The molecule has 3 aromatic rings. The van der Waals surface area contributed by atoms with E-state index in [1.54, 1.807) is 60.5 Å². The summed E-state index contributed by atoms with van der Waals surface area (Å²) in [5.74, 6) is 0.286. The molecule has 2 aromatic carbocycles. The Labute approximate surface area is 207 Å². The molecular weight excluding hydrogens is 466 g/mol. The van der Waals surface area contributed by atoms with Crippen LogP contribution >= 0.6 is 0 Å². The maximum Gasteiger partial charge on any atom is 0.407 e. The quantitative estimate of drug-likeness (QED) is 0.437. The molecule has 0 radical (unpaired) electrons. The van der Waals surface area contributed by atoms with E-state index in [2.05, 4.69) is 5.10 Å². The molecule has 0 saturated carbocycles. The number of anilines is 1. The zero-order valence-corrected chi connectivity index (χ0v) is 20.0. The summed E-state index contributed by atoms with van der Waals surface area (Å²) in [6.07, 6.45) is -0.00894. The highest BCUT2D eigenvalue weighted by Gasteiger charge is 2.34. The molecule has 11 heteroatoms. The molecule has 1 aliphatic heterocycles. The Kier molecular flexibility index (Phi) is 7.09. The molecule has 0 unspecified atom stereocenters. The van der Waals surface area contributed by atoms with Crippen LogP contribution in [-0.2, 0) is 6.42 Å². The number of amides is 3. The number of methoxy groups -OCH3 is 1. The number of rotatable bonds is 9. The van der Waals surface area contributed by atoms with E-state index in [0.717, 1.165) is 0 Å². The lowest BCUT2D eigenvalue weighted by Gasteiger charge is -2.28. The standard InChI is InChI=1S/C25H27N5O6/c1-28(25(33)34)13-3-15-36-19-10-4-16(5-11-19)29-14-12-20-21(23(26)31)27-30(22(20)24(29)32)17-6-8-18(35-2)9-7-17/h4-11H,3,12-15H2,1-2H3,(H2,26,31)(H,33,34). The van der Waals surface area contributed by atoms with Gasteiger partial charge in [0.15, 0.2) is 5.69 Å². The summed E-state index contributed by atoms with van der Waals surface area (Å²) in [6, 6.07) is 14.1. The Morgan fingerprint density at radius 2 is 1.72 bits per heavy atom. The van der Waals surface area contributed by atoms with E-state index < -0.39 is 12.0 Å². The number of hydrogen-bond acceptors (Lipinski definition) is 6. The average Bonchev–Trinajstić information content (AvgIpc) is 3.28. The van der Waals surface area contributed by atoms with E-state index in [4.69, 9.17) is 20.3 Å². The number of nitrogens with zero attached hydrogens (tertiary/aromatic N) is 4. The van der Waals surface area contributed by atoms with Gasteiger partial charge in [0.2, 0.25) is 0 Å². The van der Waals surface area contributed by atoms with Gasteiger partial charge in [-0.3, -0.25) is 9.59 Å². The molecule has 11 nitrogen and oxygen atoms in total. The molecular formula is C25H27N5O6. The first-order valence-corrected chi connectivity index (χ1v) is 11.3. The van der Waals surface area contributed by atoms with Gasteiger partial charge >= 0.3 is 6.09 Å². The molecule has 0 atom stereocenters. The van der Waals surface area contributed by atoms with E-state index >= 15 is 0 Å². The Hall–Kier alpha value is -4.54. The van der Waals surface area contributed by atoms with Gasteiger partial charge in [0.1, 0.15) is 17.2 Å². The summed E-state index contributed by atoms with van der Waals surface area (Å²) in [5.41, 5.74) is 7.75. The van der Waals surface area contributed by atoms with Crippen LogP contribution in [0.25, 0.3) is 5.69 Å². The fraction of sp³-hybridized carbons (Fsp3) is 0.280. The summed E-state index contributed by atoms with van der Waals surface area (Å²) >= 11 is 0. The van der Waals surface area contributed by atoms with E-state index in [1.807, 2.05) is 0 Å². The minimum Gasteiger partial charge on any atom is -0.497 e. The Balaban J connectivity index is 1.53. The highest BCUT2D eigenvalue weighted by Crippen LogP contribution is 2.30. The second-order valence-electron chi connectivity index (χ2n) is 8.26. The number of hydrogen-bond donors (Lipinski definition) is 2. The highest BCUT2D eigenvalue weighted by molar-refractivity contribution is 6.09. The third kappa shape index (κ3) is 4.95. The smallest absolute Gasteiger partial charge is 0.407 e. The largest absolute Gasteiger partial charge is 0.497 e. The second-order valence-corrected chi connectivity index (χ2v) is 8.26. The summed E-state index contributed by atoms with van der Waals surface area (Å²) < 4.78 is 12.3. The fourth-order valence-corrected chi connectivity index (χ4v) is 4.02. The molecule has 0 spiro atoms. The topological polar surface area (TPSA) is 140 Å². The van der Waals surface area contributed by atoms with E-state index in [1.165, 1.54) is 16.6 Å². The number of aromatic nitrogens is 2. The first-order chi connectivity index (χ1) is 17.3. The number of carbonyl (C=O) groups excluding carboxylic acids is 2. The van der Waals surface area contributed by atoms with Crippen LogP contribution in [0.2, 0.25) is 0 Å². The molecule has 188 valence electrons. The molecule has 2 heterocycles. The zero-order chi connectivity index (χ0) is 25.8. The lowest BCUT2D eigenvalue weighted by Crippen LogP contribution is -2.39. The van der Waals surface area contributed by atoms with Crippen LogP contribution in [0.1, 0.15) is 33.0 Å². The van der Waals surface area contributed by atoms with Crippen LogP contribution in [0.3, 0.4) is 0 Å². The van der Waals surface area contributed by atoms with Gasteiger partial charge in [-0.15, -0.1) is 0 Å². The van der Waals surface area contributed by atoms with E-state index in [9.17, 15) is 14.4 Å². The van der Waals surface area contributed by atoms with E-state index in [0.29, 0.717) is 66.7 Å². The predicted octanol–water partition coefficient (Wildman–Crippen LogP) is 2.56. The number of carboxylic acid groups (broad SMARTS) is 1. The third-order valence-corrected chi connectivity index (χ3v) is 5.95. The molecule has 1 aromatic heterocycles. The van der Waals surface area contributed by atoms with Gasteiger partial charge in [0, 0.05) is 31.4 Å². The molecule has 0 fully saturated rings. The molecule has 0 saturated heterocycles. The van der Waals surface area contributed by atoms with Crippen molar-refractivity contribution in [3.8, 4) is 17.2 Å². The van der Waals surface area contributed by atoms with Crippen LogP contribution in [0, 0.1) is 0 Å². The lowest BCUT2D eigenvalue weighted by molar-refractivity contribution is 0.0972. The van der Waals surface area contributed by atoms with Crippen LogP contribution in [0.4, 0.5) is 10.5 Å². The Morgan fingerprint density at radius 1 is 1.08 bits per heavy atom. The van der Waals surface area contributed by atoms with Gasteiger partial charge in [0.25, 0.3) is 11.8 Å². The van der Waals surface area contributed by atoms with Crippen LogP contribution < -0.4 is 20.1 Å². The first kappa shape index (κ1) is 24.6. The molecule has 3 amide bonds. The normalized spacial score (nSPS) is 12.7. The molecule has 4 rings (SSSR count). The van der Waals surface area contributed by atoms with Crippen molar-refractivity contribution in [1.29, 1.82) is 0 Å². The van der Waals surface area contributed by atoms with Crippen molar-refractivity contribution in [3.63, 3.8) is 0 Å². The molecule has 3 N–H and O–H groups in total. The Bertz CT molecular complexity index is 1270. The summed E-state index contributed by atoms with van der Waals surface area (Å²) in [7, 11) is 3.07. The van der Waals surface area contributed by atoms with Crippen LogP contribution in [0.15, 0.2) is 48.5 Å². The predicted molar refractivity (Wildman–Crippen MR) is 131 cm³/mol. The van der Waals surface area contributed by atoms with Crippen molar-refractivity contribution in [2.75, 3.05) is 38.8 Å². The summed E-state index contributed by atoms with van der Waals surface area (Å²) in [6.45, 7) is 1.09. The molecule has 1 aliphatic rings. The van der Waals surface area contributed by atoms with Gasteiger partial charge in [-0.2, -0.15) is 5.10 Å². The summed E-state index contributed by atoms with van der Waals surface area (Å²) in [4.78, 5) is 39.3. The number of primary amides is 1. The number of ether oxygens (including phenoxy) is 2. The molecule has 0 aliphatic carbocycles.